The minimum absolute atomic E-state index is 0. The van der Waals surface area contributed by atoms with Crippen molar-refractivity contribution in [3.8, 4) is 0 Å². The fourth-order valence-electron chi connectivity index (χ4n) is 0.751. The summed E-state index contributed by atoms with van der Waals surface area (Å²) < 4.78 is 31.9. The molecule has 1 aromatic carbocycles. The molecule has 1 rings (SSSR count). The van der Waals surface area contributed by atoms with Crippen LogP contribution in [0.5, 0.6) is 0 Å². The molecule has 0 aliphatic rings. The van der Waals surface area contributed by atoms with Crippen molar-refractivity contribution in [1.82, 2.24) is 0 Å². The van der Waals surface area contributed by atoms with Crippen LogP contribution in [0, 0.1) is 3.57 Å². The van der Waals surface area contributed by atoms with Gasteiger partial charge in [0.25, 0.3) is 0 Å². The maximum atomic E-state index is 10.3. The van der Waals surface area contributed by atoms with E-state index in [0.717, 1.165) is 9.13 Å². The molecule has 1 aromatic rings. The predicted octanol–water partition coefficient (Wildman–Crippen LogP) is -4.66. The summed E-state index contributed by atoms with van der Waals surface area (Å²) in [6.45, 7) is 0. The first-order valence-electron chi connectivity index (χ1n) is 3.33. The van der Waals surface area contributed by atoms with Crippen LogP contribution in [-0.2, 0) is 25.1 Å². The molecule has 0 heterocycles. The molecular weight excluding hydrogens is 369 g/mol. The van der Waals surface area contributed by atoms with Crippen molar-refractivity contribution in [3.05, 3.63) is 33.4 Å². The Morgan fingerprint density at radius 3 is 2.27 bits per heavy atom. The zero-order chi connectivity index (χ0) is 9.90. The van der Waals surface area contributed by atoms with Gasteiger partial charge in [-0.05, 0) is 28.7 Å². The van der Waals surface area contributed by atoms with Gasteiger partial charge in [-0.3, -0.25) is 0 Å². The summed E-state index contributed by atoms with van der Waals surface area (Å²) in [5.74, 6) is 0.213. The zero-order valence-corrected chi connectivity index (χ0v) is 16.2. The van der Waals surface area contributed by atoms with Gasteiger partial charge in [0.15, 0.2) is 0 Å². The average Bonchev–Trinajstić information content (AvgIpc) is 2.01. The van der Waals surface area contributed by atoms with Gasteiger partial charge in [0.05, 0.1) is 9.05 Å². The summed E-state index contributed by atoms with van der Waals surface area (Å²) in [6, 6.07) is 7.35. The molecule has 0 saturated heterocycles. The normalized spacial score (nSPS) is 9.80. The van der Waals surface area contributed by atoms with E-state index in [4.69, 9.17) is 0 Å². The van der Waals surface area contributed by atoms with Gasteiger partial charge in [0.1, 0.15) is 0 Å². The summed E-state index contributed by atoms with van der Waals surface area (Å²) >= 11 is 2.10. The molecule has 3 nitrogen and oxygen atoms in total. The molecule has 0 amide bonds. The van der Waals surface area contributed by atoms with E-state index in [1.165, 1.54) is 0 Å². The van der Waals surface area contributed by atoms with Crippen LogP contribution in [0.1, 0.15) is 5.56 Å². The molecule has 0 bridgehead atoms. The van der Waals surface area contributed by atoms with Crippen LogP contribution in [0.2, 0.25) is 0 Å². The van der Waals surface area contributed by atoms with Crippen molar-refractivity contribution in [2.75, 3.05) is 0 Å². The van der Waals surface area contributed by atoms with Crippen LogP contribution in [0.15, 0.2) is 24.3 Å². The largest absolute Gasteiger partial charge is 1.00 e. The first-order chi connectivity index (χ1) is 5.99. The van der Waals surface area contributed by atoms with E-state index in [1.807, 2.05) is 18.2 Å². The number of hydrogen-bond donors (Lipinski definition) is 0. The summed E-state index contributed by atoms with van der Waals surface area (Å²) in [5, 5.41) is 0. The maximum Gasteiger partial charge on any atom is 1.00 e. The topological polar surface area (TPSA) is 63.2 Å². The Bertz CT molecular complexity index is 410. The van der Waals surface area contributed by atoms with E-state index >= 15 is 0 Å². The molecule has 0 saturated carbocycles. The quantitative estimate of drug-likeness (QED) is 0.297. The van der Waals surface area contributed by atoms with Gasteiger partial charge in [-0.15, -0.1) is 0 Å². The summed E-state index contributed by atoms with van der Waals surface area (Å²) in [7, 11) is -3.76. The second kappa shape index (κ2) is 9.21. The molecule has 0 aliphatic heterocycles. The van der Waals surface area contributed by atoms with Gasteiger partial charge < -0.3 is 9.11 Å². The van der Waals surface area contributed by atoms with E-state index < -0.39 is 9.05 Å². The van der Waals surface area contributed by atoms with Crippen LogP contribution in [0.25, 0.3) is 0 Å². The van der Waals surface area contributed by atoms with Crippen LogP contribution in [0.3, 0.4) is 0 Å². The van der Waals surface area contributed by atoms with E-state index in [9.17, 15) is 13.3 Å². The van der Waals surface area contributed by atoms with Crippen molar-refractivity contribution in [2.45, 2.75) is 5.75 Å². The number of rotatable bonds is 2. The van der Waals surface area contributed by atoms with Gasteiger partial charge in [-0.25, -0.2) is 4.21 Å². The van der Waals surface area contributed by atoms with Crippen LogP contribution in [0.4, 0.5) is 0 Å². The molecule has 0 radical (unpaired) electrons. The number of halogens is 1. The molecule has 0 aromatic heterocycles. The number of hydrogen-bond acceptors (Lipinski definition) is 3. The van der Waals surface area contributed by atoms with Gasteiger partial charge >= 0.3 is 59.1 Å². The Hall–Kier alpha value is 2.24. The van der Waals surface area contributed by atoms with Gasteiger partial charge in [-0.2, -0.15) is 0 Å². The Labute approximate surface area is 151 Å². The predicted molar refractivity (Wildman–Crippen MR) is 59.9 cm³/mol. The standard InChI is InChI=1S/C7H7IO3S2.2Na/c8-7-4-2-1-3-6(7)5-12-13(9,10)11;;/h1-4H,5H2,(H-,9,10,11);;/q;2*+1/p-1. The van der Waals surface area contributed by atoms with E-state index in [-0.39, 0.29) is 64.9 Å². The zero-order valence-electron chi connectivity index (χ0n) is 8.44. The van der Waals surface area contributed by atoms with Crippen molar-refractivity contribution in [2.24, 2.45) is 0 Å². The van der Waals surface area contributed by atoms with Crippen molar-refractivity contribution in [3.63, 3.8) is 0 Å². The Kier molecular flexibility index (Phi) is 12.0. The second-order valence-electron chi connectivity index (χ2n) is 2.26. The minimum atomic E-state index is -4.18. The summed E-state index contributed by atoms with van der Waals surface area (Å²) in [5.41, 5.74) is 0.868. The Morgan fingerprint density at radius 2 is 1.80 bits per heavy atom. The third-order valence-corrected chi connectivity index (χ3v) is 4.31. The number of benzene rings is 1. The fourth-order valence-corrected chi connectivity index (χ4v) is 2.92. The molecule has 0 unspecified atom stereocenters. The third kappa shape index (κ3) is 8.90. The van der Waals surface area contributed by atoms with E-state index in [2.05, 4.69) is 22.6 Å². The Morgan fingerprint density at radius 1 is 1.27 bits per heavy atom. The maximum absolute atomic E-state index is 10.3. The molecule has 0 spiro atoms. The second-order valence-corrected chi connectivity index (χ2v) is 6.70. The third-order valence-electron chi connectivity index (χ3n) is 1.32. The molecule has 0 fully saturated rings. The smallest absolute Gasteiger partial charge is 0.746 e. The van der Waals surface area contributed by atoms with Crippen molar-refractivity contribution in [1.29, 1.82) is 0 Å². The molecule has 15 heavy (non-hydrogen) atoms. The molecular formula is C7H6INa2O3S2+. The van der Waals surface area contributed by atoms with Crippen LogP contribution < -0.4 is 59.1 Å². The summed E-state index contributed by atoms with van der Waals surface area (Å²) in [4.78, 5) is 0. The van der Waals surface area contributed by atoms with E-state index in [1.54, 1.807) is 6.07 Å². The molecule has 0 atom stereocenters. The van der Waals surface area contributed by atoms with Gasteiger partial charge in [0, 0.05) is 9.13 Å². The van der Waals surface area contributed by atoms with Crippen molar-refractivity contribution < 1.29 is 72.4 Å². The first-order valence-corrected chi connectivity index (χ1v) is 7.31. The monoisotopic (exact) mass is 375 g/mol. The van der Waals surface area contributed by atoms with Gasteiger partial charge in [-0.1, -0.05) is 18.2 Å². The van der Waals surface area contributed by atoms with Crippen molar-refractivity contribution >= 4 is 42.0 Å². The first kappa shape index (κ1) is 19.6. The SMILES string of the molecule is O=S([O-])([O-])=[S+]Cc1ccccc1I.[Na+].[Na+]. The van der Waals surface area contributed by atoms with Crippen LogP contribution >= 0.6 is 22.6 Å². The molecule has 72 valence electrons. The van der Waals surface area contributed by atoms with Gasteiger partial charge in [0.2, 0.25) is 16.1 Å². The summed E-state index contributed by atoms with van der Waals surface area (Å²) in [6.07, 6.45) is 0. The molecule has 0 N–H and O–H groups in total. The minimum Gasteiger partial charge on any atom is -0.746 e. The van der Waals surface area contributed by atoms with E-state index in [0.29, 0.717) is 10.3 Å². The average molecular weight is 375 g/mol. The Balaban J connectivity index is 0. The fraction of sp³-hybridized carbons (Fsp3) is 0.143. The molecule has 8 heteroatoms. The molecule has 0 aliphatic carbocycles. The van der Waals surface area contributed by atoms with Crippen LogP contribution in [-0.4, -0.2) is 13.3 Å².